The van der Waals surface area contributed by atoms with Crippen LogP contribution in [0.1, 0.15) is 18.9 Å². The van der Waals surface area contributed by atoms with Crippen LogP contribution in [0.4, 0.5) is 5.69 Å². The van der Waals surface area contributed by atoms with Crippen LogP contribution < -0.4 is 4.72 Å². The highest BCUT2D eigenvalue weighted by Gasteiger charge is 2.58. The zero-order valence-electron chi connectivity index (χ0n) is 10.2. The van der Waals surface area contributed by atoms with Crippen LogP contribution in [0.15, 0.2) is 24.3 Å². The SMILES string of the molecule is CC1CC1(C(=O)O)c1ccc(NS(C)(=O)=O)cc1. The first-order chi connectivity index (χ1) is 8.25. The van der Waals surface area contributed by atoms with Crippen LogP contribution in [0.2, 0.25) is 0 Å². The Hall–Kier alpha value is -1.56. The van der Waals surface area contributed by atoms with Gasteiger partial charge in [-0.2, -0.15) is 0 Å². The molecule has 6 heteroatoms. The second kappa shape index (κ2) is 3.98. The van der Waals surface area contributed by atoms with E-state index < -0.39 is 21.4 Å². The van der Waals surface area contributed by atoms with Gasteiger partial charge in [-0.3, -0.25) is 9.52 Å². The Labute approximate surface area is 106 Å². The molecule has 5 nitrogen and oxygen atoms in total. The van der Waals surface area contributed by atoms with Crippen molar-refractivity contribution in [1.82, 2.24) is 0 Å². The first-order valence-electron chi connectivity index (χ1n) is 5.57. The largest absolute Gasteiger partial charge is 0.481 e. The van der Waals surface area contributed by atoms with Crippen molar-refractivity contribution in [3.05, 3.63) is 29.8 Å². The standard InChI is InChI=1S/C12H15NO4S/c1-8-7-12(8,11(14)15)9-3-5-10(6-4-9)13-18(2,16)17/h3-6,8,13H,7H2,1-2H3,(H,14,15). The topological polar surface area (TPSA) is 83.5 Å². The van der Waals surface area contributed by atoms with E-state index in [2.05, 4.69) is 4.72 Å². The summed E-state index contributed by atoms with van der Waals surface area (Å²) < 4.78 is 24.4. The fourth-order valence-corrected chi connectivity index (χ4v) is 2.86. The van der Waals surface area contributed by atoms with Crippen LogP contribution in [0, 0.1) is 5.92 Å². The molecular formula is C12H15NO4S. The first kappa shape index (κ1) is 12.9. The maximum Gasteiger partial charge on any atom is 0.314 e. The number of aliphatic carboxylic acids is 1. The average Bonchev–Trinajstić information content (AvgIpc) is 2.90. The van der Waals surface area contributed by atoms with E-state index in [9.17, 15) is 18.3 Å². The number of hydrogen-bond donors (Lipinski definition) is 2. The molecule has 2 N–H and O–H groups in total. The summed E-state index contributed by atoms with van der Waals surface area (Å²) in [6, 6.07) is 6.52. The minimum absolute atomic E-state index is 0.115. The van der Waals surface area contributed by atoms with Gasteiger partial charge in [-0.1, -0.05) is 19.1 Å². The Morgan fingerprint density at radius 1 is 1.39 bits per heavy atom. The Balaban J connectivity index is 2.26. The minimum Gasteiger partial charge on any atom is -0.481 e. The van der Waals surface area contributed by atoms with Gasteiger partial charge in [0.25, 0.3) is 0 Å². The first-order valence-corrected chi connectivity index (χ1v) is 7.46. The number of hydrogen-bond acceptors (Lipinski definition) is 3. The quantitative estimate of drug-likeness (QED) is 0.866. The van der Waals surface area contributed by atoms with Crippen LogP contribution in [0.3, 0.4) is 0 Å². The number of carboxylic acids is 1. The number of benzene rings is 1. The lowest BCUT2D eigenvalue weighted by molar-refractivity contribution is -0.140. The van der Waals surface area contributed by atoms with E-state index in [1.54, 1.807) is 24.3 Å². The molecule has 98 valence electrons. The van der Waals surface area contributed by atoms with Crippen molar-refractivity contribution in [2.75, 3.05) is 11.0 Å². The van der Waals surface area contributed by atoms with E-state index in [1.165, 1.54) is 0 Å². The van der Waals surface area contributed by atoms with Crippen LogP contribution in [-0.2, 0) is 20.2 Å². The Bertz CT molecular complexity index is 579. The molecule has 18 heavy (non-hydrogen) atoms. The van der Waals surface area contributed by atoms with Gasteiger partial charge in [-0.25, -0.2) is 8.42 Å². The third-order valence-electron chi connectivity index (χ3n) is 3.39. The molecule has 0 aliphatic heterocycles. The fraction of sp³-hybridized carbons (Fsp3) is 0.417. The Morgan fingerprint density at radius 2 is 1.89 bits per heavy atom. The molecule has 1 fully saturated rings. The molecule has 0 saturated heterocycles. The molecule has 0 amide bonds. The lowest BCUT2D eigenvalue weighted by atomic mass is 9.93. The molecule has 1 aromatic rings. The third kappa shape index (κ3) is 2.20. The van der Waals surface area contributed by atoms with Crippen molar-refractivity contribution >= 4 is 21.7 Å². The van der Waals surface area contributed by atoms with Gasteiger partial charge in [0.15, 0.2) is 0 Å². The molecule has 0 aromatic heterocycles. The number of carboxylic acid groups (broad SMARTS) is 1. The van der Waals surface area contributed by atoms with Gasteiger partial charge in [-0.05, 0) is 30.0 Å². The summed E-state index contributed by atoms with van der Waals surface area (Å²) in [6.07, 6.45) is 1.70. The van der Waals surface area contributed by atoms with Gasteiger partial charge in [-0.15, -0.1) is 0 Å². The monoisotopic (exact) mass is 269 g/mol. The molecule has 1 aliphatic carbocycles. The van der Waals surface area contributed by atoms with Gasteiger partial charge in [0.05, 0.1) is 11.7 Å². The molecular weight excluding hydrogens is 254 g/mol. The highest BCUT2D eigenvalue weighted by molar-refractivity contribution is 7.92. The molecule has 1 aromatic carbocycles. The van der Waals surface area contributed by atoms with E-state index in [1.807, 2.05) is 6.92 Å². The molecule has 2 atom stereocenters. The van der Waals surface area contributed by atoms with Crippen LogP contribution in [-0.4, -0.2) is 25.7 Å². The summed E-state index contributed by atoms with van der Waals surface area (Å²) in [5.41, 5.74) is 0.375. The molecule has 0 radical (unpaired) electrons. The van der Waals surface area contributed by atoms with Gasteiger partial charge in [0.1, 0.15) is 0 Å². The second-order valence-corrected chi connectivity index (χ2v) is 6.58. The highest BCUT2D eigenvalue weighted by Crippen LogP contribution is 2.54. The van der Waals surface area contributed by atoms with Gasteiger partial charge < -0.3 is 5.11 Å². The van der Waals surface area contributed by atoms with Crippen molar-refractivity contribution < 1.29 is 18.3 Å². The van der Waals surface area contributed by atoms with E-state index in [0.717, 1.165) is 11.8 Å². The molecule has 2 unspecified atom stereocenters. The van der Waals surface area contributed by atoms with E-state index >= 15 is 0 Å². The van der Waals surface area contributed by atoms with Crippen molar-refractivity contribution in [3.8, 4) is 0 Å². The summed E-state index contributed by atoms with van der Waals surface area (Å²) in [7, 11) is -3.30. The summed E-state index contributed by atoms with van der Waals surface area (Å²) >= 11 is 0. The van der Waals surface area contributed by atoms with Crippen LogP contribution >= 0.6 is 0 Å². The van der Waals surface area contributed by atoms with Crippen molar-refractivity contribution in [3.63, 3.8) is 0 Å². The summed E-state index contributed by atoms with van der Waals surface area (Å²) in [5.74, 6) is -0.706. The minimum atomic E-state index is -3.30. The summed E-state index contributed by atoms with van der Waals surface area (Å²) in [6.45, 7) is 1.90. The van der Waals surface area contributed by atoms with Gasteiger partial charge >= 0.3 is 5.97 Å². The Morgan fingerprint density at radius 3 is 2.22 bits per heavy atom. The van der Waals surface area contributed by atoms with Gasteiger partial charge in [0, 0.05) is 5.69 Å². The maximum atomic E-state index is 11.3. The fourth-order valence-electron chi connectivity index (χ4n) is 2.30. The van der Waals surface area contributed by atoms with E-state index in [0.29, 0.717) is 12.1 Å². The third-order valence-corrected chi connectivity index (χ3v) is 4.00. The van der Waals surface area contributed by atoms with Crippen molar-refractivity contribution in [2.24, 2.45) is 5.92 Å². The molecule has 2 rings (SSSR count). The molecule has 0 heterocycles. The summed E-state index contributed by atoms with van der Waals surface area (Å²) in [5, 5.41) is 9.27. The number of nitrogens with one attached hydrogen (secondary N) is 1. The molecule has 1 aliphatic rings. The van der Waals surface area contributed by atoms with E-state index in [4.69, 9.17) is 0 Å². The molecule has 1 saturated carbocycles. The lowest BCUT2D eigenvalue weighted by Gasteiger charge is -2.12. The maximum absolute atomic E-state index is 11.3. The van der Waals surface area contributed by atoms with Gasteiger partial charge in [0.2, 0.25) is 10.0 Å². The summed E-state index contributed by atoms with van der Waals surface area (Å²) in [4.78, 5) is 11.3. The number of anilines is 1. The molecule has 0 bridgehead atoms. The zero-order valence-corrected chi connectivity index (χ0v) is 11.0. The average molecular weight is 269 g/mol. The second-order valence-electron chi connectivity index (χ2n) is 4.83. The van der Waals surface area contributed by atoms with Crippen molar-refractivity contribution in [1.29, 1.82) is 0 Å². The van der Waals surface area contributed by atoms with Crippen LogP contribution in [0.25, 0.3) is 0 Å². The number of rotatable bonds is 4. The van der Waals surface area contributed by atoms with Crippen molar-refractivity contribution in [2.45, 2.75) is 18.8 Å². The normalized spacial score (nSPS) is 26.7. The zero-order chi connectivity index (χ0) is 13.6. The number of sulfonamides is 1. The number of carbonyl (C=O) groups is 1. The predicted octanol–water partition coefficient (Wildman–Crippen LogP) is 1.42. The van der Waals surface area contributed by atoms with E-state index in [-0.39, 0.29) is 5.92 Å². The Kier molecular flexibility index (Phi) is 2.85. The highest BCUT2D eigenvalue weighted by atomic mass is 32.2. The predicted molar refractivity (Wildman–Crippen MR) is 68.0 cm³/mol. The van der Waals surface area contributed by atoms with Crippen LogP contribution in [0.5, 0.6) is 0 Å². The molecule has 0 spiro atoms. The lowest BCUT2D eigenvalue weighted by Crippen LogP contribution is -2.21. The smallest absolute Gasteiger partial charge is 0.314 e.